The van der Waals surface area contributed by atoms with E-state index in [1.165, 1.54) is 103 Å². The van der Waals surface area contributed by atoms with E-state index in [0.717, 1.165) is 47.3 Å². The van der Waals surface area contributed by atoms with Crippen LogP contribution >= 0.6 is 34.8 Å². The fraction of sp³-hybridized carbons (Fsp3) is 0.971. The van der Waals surface area contributed by atoms with Crippen molar-refractivity contribution in [3.05, 3.63) is 0 Å². The van der Waals surface area contributed by atoms with Crippen molar-refractivity contribution in [1.82, 2.24) is 42.5 Å². The summed E-state index contributed by atoms with van der Waals surface area (Å²) in [5.74, 6) is 5.16. The van der Waals surface area contributed by atoms with E-state index in [4.69, 9.17) is 34.8 Å². The summed E-state index contributed by atoms with van der Waals surface area (Å²) in [7, 11) is 0. The van der Waals surface area contributed by atoms with Crippen LogP contribution in [-0.4, -0.2) is 75.7 Å². The number of nitrogens with one attached hydrogen (secondary N) is 8. The molecule has 270 valence electrons. The zero-order valence-corrected chi connectivity index (χ0v) is 32.8. The zero-order valence-electron chi connectivity index (χ0n) is 28.5. The average Bonchev–Trinajstić information content (AvgIpc) is 3.83. The van der Waals surface area contributed by atoms with Gasteiger partial charge in [0.1, 0.15) is 0 Å². The fourth-order valence-corrected chi connectivity index (χ4v) is 13.0. The maximum Gasteiger partial charge on any atom is 0.499 e. The molecule has 5 aliphatic heterocycles. The minimum Gasteiger partial charge on any atom is -0.618 e. The molecule has 4 saturated carbocycles. The maximum absolute atomic E-state index is 10.2. The molecule has 9 aliphatic rings. The summed E-state index contributed by atoms with van der Waals surface area (Å²) in [6, 6.07) is 0. The Labute approximate surface area is 310 Å². The molecule has 8 unspecified atom stereocenters. The van der Waals surface area contributed by atoms with E-state index >= 15 is 0 Å². The van der Waals surface area contributed by atoms with Gasteiger partial charge in [0, 0.05) is 0 Å². The van der Waals surface area contributed by atoms with Crippen molar-refractivity contribution in [2.24, 2.45) is 47.3 Å². The van der Waals surface area contributed by atoms with Crippen molar-refractivity contribution in [3.8, 4) is 0 Å². The number of carbonyl (C=O) groups is 1. The third-order valence-corrected chi connectivity index (χ3v) is 15.0. The highest BCUT2D eigenvalue weighted by Gasteiger charge is 2.54. The van der Waals surface area contributed by atoms with Crippen LogP contribution in [-0.2, 0) is 8.58 Å². The standard InChI is InChI=1S/C32H56N8.C2HCl3O2.Al.2H/c1-2-10-18-17(9-1)25-33-26(18)38-28-21-13-5-6-14-22(21)30(35-28)40-32-24-16-8-7-15-23(24)31(36-32)39-29-20-12-4-3-11-19(20)27(34-29)37-25;3-2(4,5)1(6)7;;;/h17-40H,1-16H2;(H,6,7);;;/q;;+1;;/p-1. The Morgan fingerprint density at radius 3 is 0.688 bits per heavy atom. The van der Waals surface area contributed by atoms with Crippen molar-refractivity contribution >= 4 is 57.4 Å². The molecule has 10 nitrogen and oxygen atoms in total. The molecule has 0 spiro atoms. The molecule has 5 saturated heterocycles. The molecule has 4 aliphatic carbocycles. The summed E-state index contributed by atoms with van der Waals surface area (Å²) < 4.78 is 2.32. The second kappa shape index (κ2) is 15.1. The van der Waals surface area contributed by atoms with Gasteiger partial charge in [0.05, 0.1) is 49.3 Å². The lowest BCUT2D eigenvalue weighted by Gasteiger charge is -2.35. The highest BCUT2D eigenvalue weighted by Crippen LogP contribution is 2.45. The van der Waals surface area contributed by atoms with Crippen LogP contribution < -0.4 is 42.5 Å². The van der Waals surface area contributed by atoms with Crippen molar-refractivity contribution < 1.29 is 8.58 Å². The van der Waals surface area contributed by atoms with E-state index in [1.54, 1.807) is 0 Å². The van der Waals surface area contributed by atoms with Crippen molar-refractivity contribution in [3.63, 3.8) is 0 Å². The Morgan fingerprint density at radius 2 is 0.583 bits per heavy atom. The first-order chi connectivity index (χ1) is 23.3. The van der Waals surface area contributed by atoms with E-state index in [2.05, 4.69) is 46.3 Å². The quantitative estimate of drug-likeness (QED) is 0.139. The largest absolute Gasteiger partial charge is 0.618 e. The van der Waals surface area contributed by atoms with Gasteiger partial charge in [-0.15, -0.1) is 0 Å². The highest BCUT2D eigenvalue weighted by atomic mass is 35.6. The van der Waals surface area contributed by atoms with Crippen LogP contribution in [0.4, 0.5) is 0 Å². The van der Waals surface area contributed by atoms with E-state index < -0.39 is 9.76 Å². The van der Waals surface area contributed by atoms with Crippen molar-refractivity contribution in [2.45, 2.75) is 156 Å². The van der Waals surface area contributed by atoms with Gasteiger partial charge in [0.15, 0.2) is 0 Å². The van der Waals surface area contributed by atoms with E-state index in [1.807, 2.05) is 0 Å². The lowest BCUT2D eigenvalue weighted by Crippen LogP contribution is -2.61. The van der Waals surface area contributed by atoms with Gasteiger partial charge in [-0.2, -0.15) is 0 Å². The molecular weight excluding hydrogens is 686 g/mol. The first-order valence-electron chi connectivity index (χ1n) is 19.5. The number of hydrogen-bond acceptors (Lipinski definition) is 10. The van der Waals surface area contributed by atoms with Gasteiger partial charge in [0.25, 0.3) is 3.79 Å². The number of carbonyl (C=O) groups excluding carboxylic acids is 1. The van der Waals surface area contributed by atoms with Gasteiger partial charge >= 0.3 is 22.6 Å². The normalized spacial score (nSPS) is 49.8. The summed E-state index contributed by atoms with van der Waals surface area (Å²) in [6.07, 6.45) is 25.6. The predicted octanol–water partition coefficient (Wildman–Crippen LogP) is 3.05. The molecular formula is C34H58AlCl3N8O2. The number of rotatable bonds is 0. The van der Waals surface area contributed by atoms with Gasteiger partial charge in [-0.05, 0) is 98.7 Å². The van der Waals surface area contributed by atoms with Gasteiger partial charge < -0.3 is 3.79 Å². The summed E-state index contributed by atoms with van der Waals surface area (Å²) in [6.45, 7) is 0. The maximum atomic E-state index is 10.2. The van der Waals surface area contributed by atoms with Crippen LogP contribution in [0.15, 0.2) is 0 Å². The third-order valence-electron chi connectivity index (χ3n) is 14.2. The highest BCUT2D eigenvalue weighted by molar-refractivity contribution is 6.76. The summed E-state index contributed by atoms with van der Waals surface area (Å²) >= 11 is 15.4. The second-order valence-corrected chi connectivity index (χ2v) is 19.3. The molecule has 14 heteroatoms. The van der Waals surface area contributed by atoms with Crippen LogP contribution in [0.3, 0.4) is 0 Å². The molecule has 8 atom stereocenters. The molecule has 9 rings (SSSR count). The third kappa shape index (κ3) is 7.11. The molecule has 0 radical (unpaired) electrons. The zero-order chi connectivity index (χ0) is 33.0. The Bertz CT molecular complexity index is 932. The van der Waals surface area contributed by atoms with E-state index in [0.29, 0.717) is 49.3 Å². The number of alkyl halides is 3. The van der Waals surface area contributed by atoms with E-state index in [9.17, 15) is 4.79 Å². The molecule has 5 heterocycles. The Hall–Kier alpha value is 0.552. The van der Waals surface area contributed by atoms with Crippen LogP contribution in [0.5, 0.6) is 0 Å². The summed E-state index contributed by atoms with van der Waals surface area (Å²) in [4.78, 5) is 10.2. The lowest BCUT2D eigenvalue weighted by atomic mass is 9.76. The molecule has 9 fully saturated rings. The first-order valence-corrected chi connectivity index (χ1v) is 21.5. The predicted molar refractivity (Wildman–Crippen MR) is 192 cm³/mol. The molecule has 0 aromatic rings. The smallest absolute Gasteiger partial charge is 0.499 e. The summed E-state index contributed by atoms with van der Waals surface area (Å²) in [5, 5.41) is 33.8. The van der Waals surface area contributed by atoms with Crippen molar-refractivity contribution in [2.75, 3.05) is 0 Å². The first kappa shape index (κ1) is 35.6. The van der Waals surface area contributed by atoms with Gasteiger partial charge in [-0.3, -0.25) is 47.3 Å². The molecule has 8 bridgehead atoms. The SMILES string of the molecule is C1CCC2C3NC(NC4NC(NC5NC(NC6NC(N3)C3CCCCC63)C3CCCCC53)C3CCCCC43)C2C1.O=C([O][AlH2])C(Cl)(Cl)Cl. The van der Waals surface area contributed by atoms with Gasteiger partial charge in [-0.25, -0.2) is 0 Å². The molecule has 48 heavy (non-hydrogen) atoms. The lowest BCUT2D eigenvalue weighted by molar-refractivity contribution is -0.133. The summed E-state index contributed by atoms with van der Waals surface area (Å²) in [5.41, 5.74) is 0. The number of fused-ring (bicyclic) bond motifs is 20. The van der Waals surface area contributed by atoms with Crippen LogP contribution in [0, 0.1) is 47.3 Å². The molecule has 0 aromatic heterocycles. The minimum atomic E-state index is -1.90. The Morgan fingerprint density at radius 1 is 0.417 bits per heavy atom. The van der Waals surface area contributed by atoms with Gasteiger partial charge in [0.2, 0.25) is 0 Å². The minimum absolute atomic E-state index is 0.251. The number of hydrogen-bond donors (Lipinski definition) is 8. The monoisotopic (exact) mass is 742 g/mol. The Balaban J connectivity index is 0.000000377. The topological polar surface area (TPSA) is 123 Å². The van der Waals surface area contributed by atoms with Crippen molar-refractivity contribution in [1.29, 1.82) is 0 Å². The van der Waals surface area contributed by atoms with Crippen LogP contribution in [0.1, 0.15) is 103 Å². The van der Waals surface area contributed by atoms with Crippen LogP contribution in [0.25, 0.3) is 0 Å². The van der Waals surface area contributed by atoms with E-state index in [-0.39, 0.29) is 16.6 Å². The van der Waals surface area contributed by atoms with Crippen LogP contribution in [0.2, 0.25) is 0 Å². The fourth-order valence-electron chi connectivity index (χ4n) is 12.1. The molecule has 0 amide bonds. The molecule has 8 N–H and O–H groups in total. The second-order valence-electron chi connectivity index (χ2n) is 16.6. The Kier molecular flexibility index (Phi) is 11.2. The average molecular weight is 744 g/mol. The molecule has 0 aromatic carbocycles. The number of halogens is 3. The van der Waals surface area contributed by atoms with Gasteiger partial charge in [-0.1, -0.05) is 86.2 Å².